The Morgan fingerprint density at radius 2 is 2.40 bits per heavy atom. The summed E-state index contributed by atoms with van der Waals surface area (Å²) in [5.41, 5.74) is 1.25. The molecule has 3 nitrogen and oxygen atoms in total. The number of rotatable bonds is 7. The van der Waals surface area contributed by atoms with Crippen molar-refractivity contribution in [1.82, 2.24) is 15.1 Å². The third-order valence-corrected chi connectivity index (χ3v) is 2.42. The molecule has 0 radical (unpaired) electrons. The fourth-order valence-corrected chi connectivity index (χ4v) is 1.55. The summed E-state index contributed by atoms with van der Waals surface area (Å²) in [5, 5.41) is 7.79. The first kappa shape index (κ1) is 12.0. The minimum absolute atomic E-state index is 0.364. The molecule has 1 atom stereocenters. The quantitative estimate of drug-likeness (QED) is 0.696. The fourth-order valence-electron chi connectivity index (χ4n) is 1.55. The van der Waals surface area contributed by atoms with Gasteiger partial charge in [-0.05, 0) is 26.3 Å². The van der Waals surface area contributed by atoms with Crippen LogP contribution in [0.2, 0.25) is 0 Å². The Labute approximate surface area is 92.2 Å². The van der Waals surface area contributed by atoms with Crippen LogP contribution in [0.3, 0.4) is 0 Å². The van der Waals surface area contributed by atoms with E-state index in [1.54, 1.807) is 0 Å². The molecule has 1 N–H and O–H groups in total. The van der Waals surface area contributed by atoms with Gasteiger partial charge >= 0.3 is 0 Å². The first-order valence-corrected chi connectivity index (χ1v) is 5.68. The van der Waals surface area contributed by atoms with E-state index in [0.717, 1.165) is 25.9 Å². The van der Waals surface area contributed by atoms with Gasteiger partial charge in [-0.2, -0.15) is 5.10 Å². The third kappa shape index (κ3) is 3.51. The number of nitrogens with one attached hydrogen (secondary N) is 1. The summed E-state index contributed by atoms with van der Waals surface area (Å²) < 4.78 is 1.96. The van der Waals surface area contributed by atoms with Gasteiger partial charge in [0.2, 0.25) is 0 Å². The van der Waals surface area contributed by atoms with Crippen molar-refractivity contribution in [3.63, 3.8) is 0 Å². The minimum atomic E-state index is 0.364. The first-order chi connectivity index (χ1) is 7.31. The van der Waals surface area contributed by atoms with E-state index in [-0.39, 0.29) is 0 Å². The number of hydrogen-bond donors (Lipinski definition) is 1. The highest BCUT2D eigenvalue weighted by Gasteiger charge is 2.10. The van der Waals surface area contributed by atoms with E-state index in [0.29, 0.717) is 6.04 Å². The molecule has 1 unspecified atom stereocenters. The molecule has 0 spiro atoms. The zero-order valence-corrected chi connectivity index (χ0v) is 9.74. The van der Waals surface area contributed by atoms with Gasteiger partial charge in [0.15, 0.2) is 0 Å². The highest BCUT2D eigenvalue weighted by atomic mass is 15.3. The summed E-state index contributed by atoms with van der Waals surface area (Å²) in [7, 11) is 0. The standard InChI is InChI=1S/C12H21N3/c1-4-7-12(13-8-5-2)11-9-14-15(6-3)10-11/h4,9-10,12-13H,1,5-8H2,2-3H3. The van der Waals surface area contributed by atoms with Gasteiger partial charge in [0.25, 0.3) is 0 Å². The van der Waals surface area contributed by atoms with E-state index >= 15 is 0 Å². The number of hydrogen-bond acceptors (Lipinski definition) is 2. The van der Waals surface area contributed by atoms with Gasteiger partial charge in [0, 0.05) is 24.3 Å². The van der Waals surface area contributed by atoms with Crippen LogP contribution in [-0.4, -0.2) is 16.3 Å². The molecule has 0 bridgehead atoms. The second kappa shape index (κ2) is 6.40. The van der Waals surface area contributed by atoms with E-state index < -0.39 is 0 Å². The summed E-state index contributed by atoms with van der Waals surface area (Å²) in [6, 6.07) is 0.364. The molecule has 15 heavy (non-hydrogen) atoms. The maximum absolute atomic E-state index is 4.29. The number of aromatic nitrogens is 2. The Bertz CT molecular complexity index is 291. The topological polar surface area (TPSA) is 29.9 Å². The molecule has 0 fully saturated rings. The van der Waals surface area contributed by atoms with Crippen molar-refractivity contribution in [2.75, 3.05) is 6.54 Å². The van der Waals surface area contributed by atoms with E-state index in [9.17, 15) is 0 Å². The molecule has 0 aliphatic heterocycles. The Morgan fingerprint density at radius 1 is 1.60 bits per heavy atom. The van der Waals surface area contributed by atoms with Crippen LogP contribution in [0.15, 0.2) is 25.0 Å². The Kier molecular flexibility index (Phi) is 5.12. The normalized spacial score (nSPS) is 12.7. The first-order valence-electron chi connectivity index (χ1n) is 5.68. The summed E-state index contributed by atoms with van der Waals surface area (Å²) in [5.74, 6) is 0. The molecule has 1 heterocycles. The number of nitrogens with zero attached hydrogens (tertiary/aromatic N) is 2. The monoisotopic (exact) mass is 207 g/mol. The predicted octanol–water partition coefficient (Wildman–Crippen LogP) is 2.52. The molecular formula is C12H21N3. The zero-order valence-electron chi connectivity index (χ0n) is 9.74. The summed E-state index contributed by atoms with van der Waals surface area (Å²) in [4.78, 5) is 0. The van der Waals surface area contributed by atoms with Gasteiger partial charge in [0.1, 0.15) is 0 Å². The molecule has 0 saturated carbocycles. The van der Waals surface area contributed by atoms with E-state index in [1.165, 1.54) is 5.56 Å². The molecule has 84 valence electrons. The lowest BCUT2D eigenvalue weighted by atomic mass is 10.1. The Morgan fingerprint density at radius 3 is 2.93 bits per heavy atom. The molecule has 3 heteroatoms. The summed E-state index contributed by atoms with van der Waals surface area (Å²) in [6.45, 7) is 10.0. The second-order valence-corrected chi connectivity index (χ2v) is 3.66. The molecule has 1 aromatic rings. The zero-order chi connectivity index (χ0) is 11.1. The minimum Gasteiger partial charge on any atom is -0.310 e. The van der Waals surface area contributed by atoms with Crippen LogP contribution < -0.4 is 5.32 Å². The largest absolute Gasteiger partial charge is 0.310 e. The van der Waals surface area contributed by atoms with Gasteiger partial charge in [-0.3, -0.25) is 4.68 Å². The van der Waals surface area contributed by atoms with Gasteiger partial charge in [-0.1, -0.05) is 13.0 Å². The van der Waals surface area contributed by atoms with Crippen molar-refractivity contribution in [3.8, 4) is 0 Å². The molecule has 1 aromatic heterocycles. The van der Waals surface area contributed by atoms with Crippen LogP contribution >= 0.6 is 0 Å². The summed E-state index contributed by atoms with van der Waals surface area (Å²) >= 11 is 0. The van der Waals surface area contributed by atoms with Crippen molar-refractivity contribution < 1.29 is 0 Å². The number of aryl methyl sites for hydroxylation is 1. The van der Waals surface area contributed by atoms with Crippen molar-refractivity contribution in [2.24, 2.45) is 0 Å². The van der Waals surface area contributed by atoms with Crippen molar-refractivity contribution >= 4 is 0 Å². The SMILES string of the molecule is C=CCC(NCCC)c1cnn(CC)c1. The molecule has 0 aliphatic rings. The highest BCUT2D eigenvalue weighted by Crippen LogP contribution is 2.16. The van der Waals surface area contributed by atoms with Crippen LogP contribution in [0.5, 0.6) is 0 Å². The Hall–Kier alpha value is -1.09. The van der Waals surface area contributed by atoms with Crippen LogP contribution in [0.25, 0.3) is 0 Å². The molecular weight excluding hydrogens is 186 g/mol. The second-order valence-electron chi connectivity index (χ2n) is 3.66. The Balaban J connectivity index is 2.64. The van der Waals surface area contributed by atoms with E-state index in [2.05, 4.69) is 37.0 Å². The lowest BCUT2D eigenvalue weighted by Gasteiger charge is -2.14. The van der Waals surface area contributed by atoms with Crippen LogP contribution in [0.4, 0.5) is 0 Å². The summed E-state index contributed by atoms with van der Waals surface area (Å²) in [6.07, 6.45) is 8.11. The molecule has 0 aromatic carbocycles. The van der Waals surface area contributed by atoms with E-state index in [4.69, 9.17) is 0 Å². The van der Waals surface area contributed by atoms with Crippen LogP contribution in [0, 0.1) is 0 Å². The maximum Gasteiger partial charge on any atom is 0.0537 e. The molecule has 0 saturated heterocycles. The van der Waals surface area contributed by atoms with Crippen molar-refractivity contribution in [3.05, 3.63) is 30.6 Å². The van der Waals surface area contributed by atoms with Gasteiger partial charge < -0.3 is 5.32 Å². The van der Waals surface area contributed by atoms with Crippen molar-refractivity contribution in [1.29, 1.82) is 0 Å². The van der Waals surface area contributed by atoms with Gasteiger partial charge in [-0.15, -0.1) is 6.58 Å². The highest BCUT2D eigenvalue weighted by molar-refractivity contribution is 5.11. The van der Waals surface area contributed by atoms with Crippen LogP contribution in [0.1, 0.15) is 38.3 Å². The average Bonchev–Trinajstić information content (AvgIpc) is 2.72. The van der Waals surface area contributed by atoms with Crippen LogP contribution in [-0.2, 0) is 6.54 Å². The van der Waals surface area contributed by atoms with Gasteiger partial charge in [-0.25, -0.2) is 0 Å². The predicted molar refractivity (Wildman–Crippen MR) is 63.7 cm³/mol. The molecule has 0 amide bonds. The average molecular weight is 207 g/mol. The fraction of sp³-hybridized carbons (Fsp3) is 0.583. The van der Waals surface area contributed by atoms with Gasteiger partial charge in [0.05, 0.1) is 6.20 Å². The lowest BCUT2D eigenvalue weighted by molar-refractivity contribution is 0.536. The third-order valence-electron chi connectivity index (χ3n) is 2.42. The molecule has 0 aliphatic carbocycles. The lowest BCUT2D eigenvalue weighted by Crippen LogP contribution is -2.21. The molecule has 1 rings (SSSR count). The maximum atomic E-state index is 4.29. The van der Waals surface area contributed by atoms with E-state index in [1.807, 2.05) is 17.0 Å². The smallest absolute Gasteiger partial charge is 0.0537 e. The van der Waals surface area contributed by atoms with Crippen molar-refractivity contribution in [2.45, 2.75) is 39.3 Å².